The van der Waals surface area contributed by atoms with Crippen molar-refractivity contribution in [3.8, 4) is 16.9 Å². The van der Waals surface area contributed by atoms with Crippen LogP contribution in [-0.4, -0.2) is 16.9 Å². The molecule has 0 atom stereocenters. The molecular formula is C14H19N3O. The number of ether oxygens (including phenoxy) is 1. The first-order valence-corrected chi connectivity index (χ1v) is 6.01. The first-order chi connectivity index (χ1) is 8.52. The number of nitrogens with zero attached hydrogens (tertiary/aromatic N) is 2. The van der Waals surface area contributed by atoms with Crippen molar-refractivity contribution < 1.29 is 4.74 Å². The Hall–Kier alpha value is -1.97. The van der Waals surface area contributed by atoms with Gasteiger partial charge in [-0.15, -0.1) is 0 Å². The predicted molar refractivity (Wildman–Crippen MR) is 73.7 cm³/mol. The monoisotopic (exact) mass is 245 g/mol. The Bertz CT molecular complexity index is 558. The number of nitrogens with two attached hydrogens (primary N) is 1. The van der Waals surface area contributed by atoms with E-state index in [-0.39, 0.29) is 0 Å². The molecule has 96 valence electrons. The highest BCUT2D eigenvalue weighted by molar-refractivity contribution is 5.72. The topological polar surface area (TPSA) is 53.1 Å². The van der Waals surface area contributed by atoms with Crippen LogP contribution in [0.5, 0.6) is 5.75 Å². The number of hydrogen-bond acceptors (Lipinski definition) is 3. The Labute approximate surface area is 107 Å². The molecule has 0 spiro atoms. The summed E-state index contributed by atoms with van der Waals surface area (Å²) in [5.41, 5.74) is 9.86. The second-order valence-electron chi connectivity index (χ2n) is 4.71. The Kier molecular flexibility index (Phi) is 3.28. The Morgan fingerprint density at radius 1 is 1.33 bits per heavy atom. The molecule has 0 saturated heterocycles. The third-order valence-corrected chi connectivity index (χ3v) is 3.02. The van der Waals surface area contributed by atoms with Gasteiger partial charge in [0.1, 0.15) is 5.75 Å². The third kappa shape index (κ3) is 2.18. The van der Waals surface area contributed by atoms with Crippen molar-refractivity contribution >= 4 is 5.69 Å². The smallest absolute Gasteiger partial charge is 0.142 e. The minimum atomic E-state index is 0.356. The van der Waals surface area contributed by atoms with Crippen molar-refractivity contribution in [3.63, 3.8) is 0 Å². The number of aromatic nitrogens is 2. The van der Waals surface area contributed by atoms with E-state index in [1.165, 1.54) is 0 Å². The molecule has 1 aromatic heterocycles. The normalized spacial score (nSPS) is 10.9. The zero-order valence-electron chi connectivity index (χ0n) is 11.3. The van der Waals surface area contributed by atoms with Gasteiger partial charge in [-0.25, -0.2) is 0 Å². The molecule has 4 heteroatoms. The largest absolute Gasteiger partial charge is 0.495 e. The molecule has 18 heavy (non-hydrogen) atoms. The van der Waals surface area contributed by atoms with Crippen LogP contribution >= 0.6 is 0 Å². The molecule has 2 rings (SSSR count). The molecule has 0 aliphatic carbocycles. The highest BCUT2D eigenvalue weighted by Crippen LogP contribution is 2.32. The van der Waals surface area contributed by atoms with E-state index in [0.29, 0.717) is 17.5 Å². The standard InChI is InChI=1S/C14H19N3O/c1-9(2)17-8-11(7-16-17)12-6-14(18-4)13(15)5-10(12)3/h5-9H,15H2,1-4H3. The average molecular weight is 245 g/mol. The fraction of sp³-hybridized carbons (Fsp3) is 0.357. The number of anilines is 1. The highest BCUT2D eigenvalue weighted by Gasteiger charge is 2.10. The number of hydrogen-bond donors (Lipinski definition) is 1. The maximum atomic E-state index is 5.89. The molecule has 0 fully saturated rings. The van der Waals surface area contributed by atoms with Crippen LogP contribution in [0.1, 0.15) is 25.5 Å². The summed E-state index contributed by atoms with van der Waals surface area (Å²) in [7, 11) is 1.63. The Balaban J connectivity index is 2.49. The van der Waals surface area contributed by atoms with E-state index in [2.05, 4.69) is 18.9 Å². The van der Waals surface area contributed by atoms with Gasteiger partial charge in [-0.05, 0) is 44.0 Å². The van der Waals surface area contributed by atoms with Crippen LogP contribution in [0.15, 0.2) is 24.5 Å². The first-order valence-electron chi connectivity index (χ1n) is 6.01. The summed E-state index contributed by atoms with van der Waals surface area (Å²) in [6.45, 7) is 6.25. The van der Waals surface area contributed by atoms with Gasteiger partial charge in [-0.1, -0.05) is 0 Å². The summed E-state index contributed by atoms with van der Waals surface area (Å²) in [5, 5.41) is 4.36. The average Bonchev–Trinajstić information content (AvgIpc) is 2.78. The molecule has 0 radical (unpaired) electrons. The quantitative estimate of drug-likeness (QED) is 0.846. The molecule has 0 bridgehead atoms. The van der Waals surface area contributed by atoms with E-state index >= 15 is 0 Å². The van der Waals surface area contributed by atoms with Crippen molar-refractivity contribution in [1.82, 2.24) is 9.78 Å². The third-order valence-electron chi connectivity index (χ3n) is 3.02. The van der Waals surface area contributed by atoms with Crippen molar-refractivity contribution in [3.05, 3.63) is 30.1 Å². The Morgan fingerprint density at radius 3 is 2.61 bits per heavy atom. The van der Waals surface area contributed by atoms with Gasteiger partial charge in [0, 0.05) is 17.8 Å². The number of benzene rings is 1. The molecule has 2 N–H and O–H groups in total. The summed E-state index contributed by atoms with van der Waals surface area (Å²) in [6, 6.07) is 4.25. The zero-order valence-corrected chi connectivity index (χ0v) is 11.3. The van der Waals surface area contributed by atoms with E-state index in [1.807, 2.05) is 36.1 Å². The molecule has 0 aliphatic rings. The van der Waals surface area contributed by atoms with Crippen molar-refractivity contribution in [2.24, 2.45) is 0 Å². The first kappa shape index (κ1) is 12.5. The van der Waals surface area contributed by atoms with Gasteiger partial charge in [0.15, 0.2) is 0 Å². The lowest BCUT2D eigenvalue weighted by Gasteiger charge is -2.10. The van der Waals surface area contributed by atoms with E-state index in [1.54, 1.807) is 7.11 Å². The van der Waals surface area contributed by atoms with Crippen LogP contribution in [0.2, 0.25) is 0 Å². The highest BCUT2D eigenvalue weighted by atomic mass is 16.5. The molecule has 4 nitrogen and oxygen atoms in total. The lowest BCUT2D eigenvalue weighted by atomic mass is 10.0. The van der Waals surface area contributed by atoms with Gasteiger partial charge in [0.05, 0.1) is 19.0 Å². The summed E-state index contributed by atoms with van der Waals surface area (Å²) in [6.07, 6.45) is 3.92. The van der Waals surface area contributed by atoms with Crippen LogP contribution in [0.25, 0.3) is 11.1 Å². The minimum absolute atomic E-state index is 0.356. The number of aryl methyl sites for hydroxylation is 1. The van der Waals surface area contributed by atoms with Crippen molar-refractivity contribution in [2.75, 3.05) is 12.8 Å². The number of nitrogen functional groups attached to an aromatic ring is 1. The molecule has 1 heterocycles. The molecule has 0 unspecified atom stereocenters. The van der Waals surface area contributed by atoms with Crippen LogP contribution in [0.3, 0.4) is 0 Å². The summed E-state index contributed by atoms with van der Waals surface area (Å²) < 4.78 is 7.21. The zero-order chi connectivity index (χ0) is 13.3. The number of rotatable bonds is 3. The summed E-state index contributed by atoms with van der Waals surface area (Å²) in [4.78, 5) is 0. The van der Waals surface area contributed by atoms with Gasteiger partial charge < -0.3 is 10.5 Å². The SMILES string of the molecule is COc1cc(-c2cnn(C(C)C)c2)c(C)cc1N. The lowest BCUT2D eigenvalue weighted by Crippen LogP contribution is -1.99. The van der Waals surface area contributed by atoms with Crippen LogP contribution < -0.4 is 10.5 Å². The fourth-order valence-electron chi connectivity index (χ4n) is 1.96. The van der Waals surface area contributed by atoms with Gasteiger partial charge in [0.25, 0.3) is 0 Å². The molecule has 0 amide bonds. The van der Waals surface area contributed by atoms with Gasteiger partial charge in [0.2, 0.25) is 0 Å². The minimum Gasteiger partial charge on any atom is -0.495 e. The van der Waals surface area contributed by atoms with E-state index < -0.39 is 0 Å². The molecule has 0 aliphatic heterocycles. The maximum absolute atomic E-state index is 5.89. The van der Waals surface area contributed by atoms with E-state index in [9.17, 15) is 0 Å². The molecule has 2 aromatic rings. The lowest BCUT2D eigenvalue weighted by molar-refractivity contribution is 0.417. The number of methoxy groups -OCH3 is 1. The molecular weight excluding hydrogens is 226 g/mol. The molecule has 1 aromatic carbocycles. The van der Waals surface area contributed by atoms with E-state index in [4.69, 9.17) is 10.5 Å². The maximum Gasteiger partial charge on any atom is 0.142 e. The van der Waals surface area contributed by atoms with Gasteiger partial charge in [-0.3, -0.25) is 4.68 Å². The van der Waals surface area contributed by atoms with Crippen molar-refractivity contribution in [1.29, 1.82) is 0 Å². The Morgan fingerprint density at radius 2 is 2.06 bits per heavy atom. The summed E-state index contributed by atoms with van der Waals surface area (Å²) >= 11 is 0. The second kappa shape index (κ2) is 4.72. The van der Waals surface area contributed by atoms with Crippen LogP contribution in [0, 0.1) is 6.92 Å². The van der Waals surface area contributed by atoms with Crippen molar-refractivity contribution in [2.45, 2.75) is 26.8 Å². The summed E-state index contributed by atoms with van der Waals surface area (Å²) in [5.74, 6) is 0.702. The van der Waals surface area contributed by atoms with Gasteiger partial charge in [-0.2, -0.15) is 5.10 Å². The van der Waals surface area contributed by atoms with Gasteiger partial charge >= 0.3 is 0 Å². The van der Waals surface area contributed by atoms with Crippen LogP contribution in [0.4, 0.5) is 5.69 Å². The molecule has 0 saturated carbocycles. The van der Waals surface area contributed by atoms with E-state index in [0.717, 1.165) is 16.7 Å². The van der Waals surface area contributed by atoms with Crippen LogP contribution in [-0.2, 0) is 0 Å². The fourth-order valence-corrected chi connectivity index (χ4v) is 1.96. The second-order valence-corrected chi connectivity index (χ2v) is 4.71. The predicted octanol–water partition coefficient (Wildman–Crippen LogP) is 3.03.